The predicted molar refractivity (Wildman–Crippen MR) is 129 cm³/mol. The Morgan fingerprint density at radius 3 is 2.62 bits per heavy atom. The molecule has 2 heterocycles. The number of benzene rings is 1. The van der Waals surface area contributed by atoms with E-state index in [1.807, 2.05) is 13.1 Å². The van der Waals surface area contributed by atoms with Crippen molar-refractivity contribution in [1.82, 2.24) is 4.90 Å². The molecule has 5 atom stereocenters. The van der Waals surface area contributed by atoms with Gasteiger partial charge in [-0.15, -0.1) is 0 Å². The standard InChI is InChI=1S/C27H33NO9/c1-14(33-15(2)29)23(30)34-18-9-10-27(32)19-13-16-7-8-17(35-24(31)37-25(3,4)5)21-20(16)26(27,22(18)36-21)11-12-28(19)6/h7-9,14,19,22,32H,10-13H2,1-6H3/t14-,19-,22-,26-,27+/m0/s1. The largest absolute Gasteiger partial charge is 0.514 e. The average molecular weight is 516 g/mol. The number of esters is 2. The Labute approximate surface area is 215 Å². The monoisotopic (exact) mass is 515 g/mol. The second kappa shape index (κ2) is 8.46. The molecule has 2 bridgehead atoms. The molecule has 37 heavy (non-hydrogen) atoms. The molecule has 1 saturated heterocycles. The molecule has 1 spiro atoms. The second-order valence-electron chi connectivity index (χ2n) is 11.3. The molecule has 200 valence electrons. The third kappa shape index (κ3) is 3.88. The molecular weight excluding hydrogens is 482 g/mol. The summed E-state index contributed by atoms with van der Waals surface area (Å²) in [5, 5.41) is 12.3. The highest BCUT2D eigenvalue weighted by atomic mass is 16.7. The van der Waals surface area contributed by atoms with E-state index in [1.165, 1.54) is 13.8 Å². The number of nitrogens with zero attached hydrogens (tertiary/aromatic N) is 1. The number of carbonyl (C=O) groups excluding carboxylic acids is 3. The SMILES string of the molecule is CC(=O)O[C@@H](C)C(=O)OC1=CC[C@@]2(O)[C@@H]3Cc4ccc(OC(=O)OC(C)(C)C)c5c4[C@@]2(CCN3C)[C@H]1O5. The van der Waals surface area contributed by atoms with Gasteiger partial charge in [-0.3, -0.25) is 4.79 Å². The predicted octanol–water partition coefficient (Wildman–Crippen LogP) is 2.77. The molecule has 1 aromatic carbocycles. The zero-order valence-electron chi connectivity index (χ0n) is 22.0. The molecule has 1 N–H and O–H groups in total. The summed E-state index contributed by atoms with van der Waals surface area (Å²) >= 11 is 0. The summed E-state index contributed by atoms with van der Waals surface area (Å²) in [5.74, 6) is -0.585. The van der Waals surface area contributed by atoms with E-state index in [4.69, 9.17) is 23.7 Å². The van der Waals surface area contributed by atoms with Gasteiger partial charge in [0.1, 0.15) is 11.4 Å². The Balaban J connectivity index is 1.57. The number of rotatable bonds is 4. The fourth-order valence-corrected chi connectivity index (χ4v) is 6.36. The van der Waals surface area contributed by atoms with Crippen molar-refractivity contribution in [2.45, 2.75) is 88.7 Å². The van der Waals surface area contributed by atoms with Crippen molar-refractivity contribution in [3.05, 3.63) is 35.1 Å². The molecule has 4 aliphatic rings. The van der Waals surface area contributed by atoms with E-state index in [0.717, 1.165) is 11.1 Å². The maximum Gasteiger partial charge on any atom is 0.514 e. The molecule has 0 unspecified atom stereocenters. The van der Waals surface area contributed by atoms with Gasteiger partial charge in [-0.25, -0.2) is 9.59 Å². The van der Waals surface area contributed by atoms with Crippen LogP contribution in [-0.2, 0) is 35.6 Å². The van der Waals surface area contributed by atoms with Crippen molar-refractivity contribution < 1.29 is 43.2 Å². The van der Waals surface area contributed by atoms with Gasteiger partial charge in [0.2, 0.25) is 0 Å². The van der Waals surface area contributed by atoms with E-state index >= 15 is 0 Å². The van der Waals surface area contributed by atoms with Gasteiger partial charge in [0.05, 0.1) is 11.0 Å². The fourth-order valence-electron chi connectivity index (χ4n) is 6.36. The molecule has 0 saturated carbocycles. The Hall–Kier alpha value is -3.11. The van der Waals surface area contributed by atoms with Crippen LogP contribution in [0.1, 0.15) is 58.6 Å². The summed E-state index contributed by atoms with van der Waals surface area (Å²) in [6.07, 6.45) is 0.218. The van der Waals surface area contributed by atoms with Crippen LogP contribution >= 0.6 is 0 Å². The minimum Gasteiger partial charge on any atom is -0.477 e. The fraction of sp³-hybridized carbons (Fsp3) is 0.593. The molecule has 1 aromatic rings. The van der Waals surface area contributed by atoms with Gasteiger partial charge < -0.3 is 33.7 Å². The first-order valence-electron chi connectivity index (χ1n) is 12.5. The van der Waals surface area contributed by atoms with E-state index in [2.05, 4.69) is 4.90 Å². The molecule has 2 aliphatic carbocycles. The minimum atomic E-state index is -1.20. The third-order valence-electron chi connectivity index (χ3n) is 7.81. The first kappa shape index (κ1) is 25.5. The van der Waals surface area contributed by atoms with Gasteiger partial charge in [-0.2, -0.15) is 0 Å². The van der Waals surface area contributed by atoms with Crippen molar-refractivity contribution in [2.24, 2.45) is 0 Å². The van der Waals surface area contributed by atoms with Crippen LogP contribution < -0.4 is 9.47 Å². The van der Waals surface area contributed by atoms with E-state index in [0.29, 0.717) is 25.1 Å². The van der Waals surface area contributed by atoms with E-state index in [-0.39, 0.29) is 24.0 Å². The van der Waals surface area contributed by atoms with Gasteiger partial charge in [-0.1, -0.05) is 6.07 Å². The summed E-state index contributed by atoms with van der Waals surface area (Å²) in [6, 6.07) is 3.38. The zero-order valence-corrected chi connectivity index (χ0v) is 22.0. The Morgan fingerprint density at radius 1 is 1.22 bits per heavy atom. The van der Waals surface area contributed by atoms with Crippen LogP contribution in [0.4, 0.5) is 4.79 Å². The first-order chi connectivity index (χ1) is 17.3. The van der Waals surface area contributed by atoms with Crippen LogP contribution in [0.15, 0.2) is 24.0 Å². The summed E-state index contributed by atoms with van der Waals surface area (Å²) in [7, 11) is 1.99. The van der Waals surface area contributed by atoms with Crippen LogP contribution in [0, 0.1) is 0 Å². The topological polar surface area (TPSA) is 121 Å². The maximum atomic E-state index is 12.8. The number of likely N-dealkylation sites (tertiary alicyclic amines) is 1. The first-order valence-corrected chi connectivity index (χ1v) is 12.5. The van der Waals surface area contributed by atoms with Crippen molar-refractivity contribution >= 4 is 18.1 Å². The minimum absolute atomic E-state index is 0.176. The number of hydrogen-bond donors (Lipinski definition) is 1. The lowest BCUT2D eigenvalue weighted by Crippen LogP contribution is -2.74. The summed E-state index contributed by atoms with van der Waals surface area (Å²) in [6.45, 7) is 8.56. The molecule has 0 aromatic heterocycles. The van der Waals surface area contributed by atoms with E-state index < -0.39 is 46.9 Å². The molecule has 5 rings (SSSR count). The van der Waals surface area contributed by atoms with Crippen LogP contribution in [0.5, 0.6) is 11.5 Å². The van der Waals surface area contributed by atoms with Crippen molar-refractivity contribution in [3.8, 4) is 11.5 Å². The third-order valence-corrected chi connectivity index (χ3v) is 7.81. The van der Waals surface area contributed by atoms with Crippen LogP contribution in [-0.4, -0.2) is 71.1 Å². The number of hydrogen-bond acceptors (Lipinski definition) is 10. The molecule has 0 amide bonds. The van der Waals surface area contributed by atoms with Gasteiger partial charge in [-0.05, 0) is 71.8 Å². The van der Waals surface area contributed by atoms with Gasteiger partial charge in [0.25, 0.3) is 0 Å². The quantitative estimate of drug-likeness (QED) is 0.364. The highest BCUT2D eigenvalue weighted by Crippen LogP contribution is 2.65. The Bertz CT molecular complexity index is 1200. The van der Waals surface area contributed by atoms with Gasteiger partial charge in [0.15, 0.2) is 23.7 Å². The summed E-state index contributed by atoms with van der Waals surface area (Å²) in [5.41, 5.74) is -1.11. The molecule has 2 aliphatic heterocycles. The Kier molecular flexibility index (Phi) is 5.84. The molecule has 0 radical (unpaired) electrons. The molecule has 1 fully saturated rings. The lowest BCUT2D eigenvalue weighted by Gasteiger charge is -2.61. The normalized spacial score (nSPS) is 30.3. The lowest BCUT2D eigenvalue weighted by atomic mass is 9.50. The molecule has 10 heteroatoms. The maximum absolute atomic E-state index is 12.8. The van der Waals surface area contributed by atoms with Crippen molar-refractivity contribution in [1.29, 1.82) is 0 Å². The zero-order chi connectivity index (χ0) is 26.9. The highest BCUT2D eigenvalue weighted by molar-refractivity contribution is 5.79. The van der Waals surface area contributed by atoms with Crippen LogP contribution in [0.3, 0.4) is 0 Å². The van der Waals surface area contributed by atoms with Crippen LogP contribution in [0.2, 0.25) is 0 Å². The summed E-state index contributed by atoms with van der Waals surface area (Å²) < 4.78 is 28.1. The summed E-state index contributed by atoms with van der Waals surface area (Å²) in [4.78, 5) is 38.8. The molecular formula is C27H33NO9. The number of piperidine rings is 1. The molecule has 10 nitrogen and oxygen atoms in total. The van der Waals surface area contributed by atoms with Crippen molar-refractivity contribution in [3.63, 3.8) is 0 Å². The number of ether oxygens (including phenoxy) is 5. The smallest absolute Gasteiger partial charge is 0.477 e. The number of likely N-dealkylation sites (N-methyl/N-ethyl adjacent to an activating group) is 1. The van der Waals surface area contributed by atoms with Gasteiger partial charge in [0, 0.05) is 24.9 Å². The Morgan fingerprint density at radius 2 is 1.95 bits per heavy atom. The highest BCUT2D eigenvalue weighted by Gasteiger charge is 2.72. The second-order valence-corrected chi connectivity index (χ2v) is 11.3. The van der Waals surface area contributed by atoms with E-state index in [1.54, 1.807) is 32.9 Å². The average Bonchev–Trinajstić information content (AvgIpc) is 3.13. The van der Waals surface area contributed by atoms with Gasteiger partial charge >= 0.3 is 18.1 Å². The number of carbonyl (C=O) groups is 3. The van der Waals surface area contributed by atoms with E-state index in [9.17, 15) is 19.5 Å². The van der Waals surface area contributed by atoms with Crippen LogP contribution in [0.25, 0.3) is 0 Å². The van der Waals surface area contributed by atoms with Crippen molar-refractivity contribution in [2.75, 3.05) is 13.6 Å². The number of aliphatic hydroxyl groups is 1. The lowest BCUT2D eigenvalue weighted by molar-refractivity contribution is -0.175.